The van der Waals surface area contributed by atoms with Crippen LogP contribution in [0.25, 0.3) is 5.69 Å². The van der Waals surface area contributed by atoms with E-state index in [1.807, 2.05) is 0 Å². The smallest absolute Gasteiger partial charge is 0.229 e. The molecule has 1 aromatic heterocycles. The molecule has 6 nitrogen and oxygen atoms in total. The summed E-state index contributed by atoms with van der Waals surface area (Å²) in [5.74, 6) is -0.769. The van der Waals surface area contributed by atoms with Crippen LogP contribution in [-0.2, 0) is 4.79 Å². The number of benzene rings is 1. The lowest BCUT2D eigenvalue weighted by atomic mass is 9.95. The zero-order chi connectivity index (χ0) is 14.0. The Morgan fingerprint density at radius 2 is 2.11 bits per heavy atom. The molecule has 0 fully saturated rings. The standard InChI is InChI=1S/C12H14FN5O/c1-12(2,3)11(19)15-10-6-8(4-5-9(10)13)18-7-14-16-17-18/h4-7H,1-3H3,(H,15,19). The molecule has 0 aliphatic carbocycles. The van der Waals surface area contributed by atoms with Gasteiger partial charge in [0, 0.05) is 5.41 Å². The Hall–Kier alpha value is -2.31. The molecule has 0 radical (unpaired) electrons. The molecule has 2 rings (SSSR count). The van der Waals surface area contributed by atoms with Crippen molar-refractivity contribution in [2.24, 2.45) is 5.41 Å². The van der Waals surface area contributed by atoms with Gasteiger partial charge in [0.15, 0.2) is 0 Å². The Morgan fingerprint density at radius 1 is 1.37 bits per heavy atom. The van der Waals surface area contributed by atoms with Gasteiger partial charge >= 0.3 is 0 Å². The fourth-order valence-corrected chi connectivity index (χ4v) is 1.34. The average molecular weight is 263 g/mol. The molecule has 19 heavy (non-hydrogen) atoms. The predicted octanol–water partition coefficient (Wildman–Crippen LogP) is 1.79. The van der Waals surface area contributed by atoms with Gasteiger partial charge in [0.1, 0.15) is 12.1 Å². The number of carbonyl (C=O) groups is 1. The molecule has 0 saturated heterocycles. The second kappa shape index (κ2) is 4.75. The zero-order valence-electron chi connectivity index (χ0n) is 10.9. The monoisotopic (exact) mass is 263 g/mol. The molecule has 1 N–H and O–H groups in total. The van der Waals surface area contributed by atoms with E-state index in [2.05, 4.69) is 20.8 Å². The van der Waals surface area contributed by atoms with E-state index in [4.69, 9.17) is 0 Å². The molecule has 1 amide bonds. The quantitative estimate of drug-likeness (QED) is 0.896. The molecule has 7 heteroatoms. The van der Waals surface area contributed by atoms with Crippen molar-refractivity contribution in [3.8, 4) is 5.69 Å². The first-order chi connectivity index (χ1) is 8.88. The second-order valence-corrected chi connectivity index (χ2v) is 5.12. The fourth-order valence-electron chi connectivity index (χ4n) is 1.34. The molecule has 100 valence electrons. The highest BCUT2D eigenvalue weighted by Crippen LogP contribution is 2.22. The number of nitrogens with zero attached hydrogens (tertiary/aromatic N) is 4. The van der Waals surface area contributed by atoms with Crippen LogP contribution in [0.3, 0.4) is 0 Å². The van der Waals surface area contributed by atoms with Crippen LogP contribution in [0.5, 0.6) is 0 Å². The summed E-state index contributed by atoms with van der Waals surface area (Å²) < 4.78 is 15.1. The van der Waals surface area contributed by atoms with E-state index in [9.17, 15) is 9.18 Å². The van der Waals surface area contributed by atoms with E-state index in [0.29, 0.717) is 5.69 Å². The molecule has 0 atom stereocenters. The van der Waals surface area contributed by atoms with Crippen molar-refractivity contribution < 1.29 is 9.18 Å². The lowest BCUT2D eigenvalue weighted by Crippen LogP contribution is -2.28. The van der Waals surface area contributed by atoms with E-state index in [-0.39, 0.29) is 11.6 Å². The minimum atomic E-state index is -0.600. The highest BCUT2D eigenvalue weighted by atomic mass is 19.1. The van der Waals surface area contributed by atoms with E-state index >= 15 is 0 Å². The van der Waals surface area contributed by atoms with E-state index in [0.717, 1.165) is 0 Å². The van der Waals surface area contributed by atoms with Crippen LogP contribution in [0.2, 0.25) is 0 Å². The predicted molar refractivity (Wildman–Crippen MR) is 67.2 cm³/mol. The first-order valence-electron chi connectivity index (χ1n) is 5.72. The Bertz CT molecular complexity index is 589. The highest BCUT2D eigenvalue weighted by Gasteiger charge is 2.22. The Labute approximate surface area is 109 Å². The third-order valence-corrected chi connectivity index (χ3v) is 2.49. The maximum absolute atomic E-state index is 13.7. The molecular formula is C12H14FN5O. The van der Waals surface area contributed by atoms with Crippen LogP contribution in [0.15, 0.2) is 24.5 Å². The lowest BCUT2D eigenvalue weighted by molar-refractivity contribution is -0.123. The topological polar surface area (TPSA) is 72.7 Å². The summed E-state index contributed by atoms with van der Waals surface area (Å²) in [6.45, 7) is 5.27. The number of tetrazole rings is 1. The Kier molecular flexibility index (Phi) is 3.28. The number of hydrogen-bond acceptors (Lipinski definition) is 4. The van der Waals surface area contributed by atoms with Crippen molar-refractivity contribution in [2.45, 2.75) is 20.8 Å². The Balaban J connectivity index is 2.31. The van der Waals surface area contributed by atoms with E-state index in [1.165, 1.54) is 29.2 Å². The summed E-state index contributed by atoms with van der Waals surface area (Å²) in [4.78, 5) is 11.9. The fraction of sp³-hybridized carbons (Fsp3) is 0.333. The average Bonchev–Trinajstić information content (AvgIpc) is 2.84. The molecule has 0 saturated carbocycles. The second-order valence-electron chi connectivity index (χ2n) is 5.12. The van der Waals surface area contributed by atoms with Gasteiger partial charge in [-0.2, -0.15) is 0 Å². The number of hydrogen-bond donors (Lipinski definition) is 1. The number of carbonyl (C=O) groups excluding carboxylic acids is 1. The van der Waals surface area contributed by atoms with Gasteiger partial charge in [-0.25, -0.2) is 9.07 Å². The van der Waals surface area contributed by atoms with Crippen molar-refractivity contribution in [3.05, 3.63) is 30.3 Å². The number of rotatable bonds is 2. The summed E-state index contributed by atoms with van der Waals surface area (Å²) in [6, 6.07) is 4.27. The van der Waals surface area contributed by atoms with Gasteiger partial charge in [-0.3, -0.25) is 4.79 Å². The van der Waals surface area contributed by atoms with Gasteiger partial charge in [0.25, 0.3) is 0 Å². The number of nitrogens with one attached hydrogen (secondary N) is 1. The summed E-state index contributed by atoms with van der Waals surface area (Å²) in [5.41, 5.74) is 0.0700. The largest absolute Gasteiger partial charge is 0.323 e. The molecule has 1 aromatic carbocycles. The number of halogens is 1. The van der Waals surface area contributed by atoms with Crippen molar-refractivity contribution in [2.75, 3.05) is 5.32 Å². The maximum Gasteiger partial charge on any atom is 0.229 e. The molecule has 0 bridgehead atoms. The lowest BCUT2D eigenvalue weighted by Gasteiger charge is -2.18. The van der Waals surface area contributed by atoms with Crippen LogP contribution in [0, 0.1) is 11.2 Å². The minimum Gasteiger partial charge on any atom is -0.323 e. The van der Waals surface area contributed by atoms with Gasteiger partial charge in [0.05, 0.1) is 11.4 Å². The molecule has 2 aromatic rings. The van der Waals surface area contributed by atoms with Gasteiger partial charge in [0.2, 0.25) is 5.91 Å². The molecule has 0 spiro atoms. The van der Waals surface area contributed by atoms with Crippen LogP contribution in [0.4, 0.5) is 10.1 Å². The van der Waals surface area contributed by atoms with Crippen LogP contribution in [0.1, 0.15) is 20.8 Å². The van der Waals surface area contributed by atoms with Crippen LogP contribution in [-0.4, -0.2) is 26.1 Å². The van der Waals surface area contributed by atoms with Gasteiger partial charge < -0.3 is 5.32 Å². The van der Waals surface area contributed by atoms with E-state index < -0.39 is 11.2 Å². The van der Waals surface area contributed by atoms with Crippen molar-refractivity contribution in [1.29, 1.82) is 0 Å². The van der Waals surface area contributed by atoms with Crippen molar-refractivity contribution in [3.63, 3.8) is 0 Å². The third kappa shape index (κ3) is 2.93. The van der Waals surface area contributed by atoms with Gasteiger partial charge in [-0.15, -0.1) is 5.10 Å². The normalized spacial score (nSPS) is 11.4. The minimum absolute atomic E-state index is 0.105. The third-order valence-electron chi connectivity index (χ3n) is 2.49. The van der Waals surface area contributed by atoms with Gasteiger partial charge in [-0.1, -0.05) is 20.8 Å². The highest BCUT2D eigenvalue weighted by molar-refractivity contribution is 5.94. The van der Waals surface area contributed by atoms with Crippen LogP contribution >= 0.6 is 0 Å². The molecule has 0 aliphatic rings. The zero-order valence-corrected chi connectivity index (χ0v) is 10.9. The molecule has 0 aliphatic heterocycles. The number of amides is 1. The van der Waals surface area contributed by atoms with Gasteiger partial charge in [-0.05, 0) is 28.6 Å². The number of aromatic nitrogens is 4. The summed E-state index contributed by atoms with van der Waals surface area (Å²) in [6.07, 6.45) is 1.39. The summed E-state index contributed by atoms with van der Waals surface area (Å²) >= 11 is 0. The Morgan fingerprint density at radius 3 is 2.68 bits per heavy atom. The molecule has 1 heterocycles. The van der Waals surface area contributed by atoms with Crippen molar-refractivity contribution in [1.82, 2.24) is 20.2 Å². The maximum atomic E-state index is 13.7. The summed E-state index contributed by atoms with van der Waals surface area (Å²) in [7, 11) is 0. The van der Waals surface area contributed by atoms with Crippen LogP contribution < -0.4 is 5.32 Å². The van der Waals surface area contributed by atoms with Crippen molar-refractivity contribution >= 4 is 11.6 Å². The van der Waals surface area contributed by atoms with E-state index in [1.54, 1.807) is 20.8 Å². The molecule has 0 unspecified atom stereocenters. The first kappa shape index (κ1) is 13.1. The summed E-state index contributed by atoms with van der Waals surface area (Å²) in [5, 5.41) is 13.3. The first-order valence-corrected chi connectivity index (χ1v) is 5.72. The number of anilines is 1. The molecular weight excluding hydrogens is 249 g/mol. The SMILES string of the molecule is CC(C)(C)C(=O)Nc1cc(-n2cnnn2)ccc1F.